The number of carbonyl (C=O) groups is 2. The molecule has 2 amide bonds. The zero-order valence-electron chi connectivity index (χ0n) is 18.5. The minimum Gasteiger partial charge on any atom is -0.484 e. The van der Waals surface area contributed by atoms with Crippen LogP contribution in [0.15, 0.2) is 90.1 Å². The van der Waals surface area contributed by atoms with Gasteiger partial charge in [-0.2, -0.15) is 0 Å². The van der Waals surface area contributed by atoms with Crippen LogP contribution in [0.4, 0.5) is 11.6 Å². The number of amides is 2. The van der Waals surface area contributed by atoms with Gasteiger partial charge < -0.3 is 21.1 Å². The summed E-state index contributed by atoms with van der Waals surface area (Å²) in [5.74, 6) is 0.422. The van der Waals surface area contributed by atoms with E-state index >= 15 is 0 Å². The summed E-state index contributed by atoms with van der Waals surface area (Å²) in [7, 11) is 0. The number of carbonyl (C=O) groups excluding carboxylic acids is 2. The van der Waals surface area contributed by atoms with Gasteiger partial charge in [-0.15, -0.1) is 0 Å². The van der Waals surface area contributed by atoms with Crippen LogP contribution in [-0.2, 0) is 9.59 Å². The lowest BCUT2D eigenvalue weighted by Gasteiger charge is -2.30. The fraction of sp³-hybridized carbons (Fsp3) is 0.115. The topological polar surface area (TPSA) is 111 Å². The van der Waals surface area contributed by atoms with Crippen LogP contribution in [0, 0.1) is 0 Å². The molecule has 8 nitrogen and oxygen atoms in total. The number of hydrogen-bond acceptors (Lipinski definition) is 5. The molecule has 0 radical (unpaired) electrons. The third-order valence-corrected chi connectivity index (χ3v) is 5.68. The first kappa shape index (κ1) is 21.3. The maximum Gasteiger partial charge on any atom is 0.255 e. The lowest BCUT2D eigenvalue weighted by molar-refractivity contribution is -0.120. The van der Waals surface area contributed by atoms with Crippen molar-refractivity contribution >= 4 is 34.5 Å². The van der Waals surface area contributed by atoms with Crippen LogP contribution in [0.25, 0.3) is 11.0 Å². The summed E-state index contributed by atoms with van der Waals surface area (Å²) < 4.78 is 7.44. The molecule has 2 heterocycles. The molecule has 34 heavy (non-hydrogen) atoms. The summed E-state index contributed by atoms with van der Waals surface area (Å²) in [6.07, 6.45) is 0. The molecule has 1 aromatic heterocycles. The molecule has 1 aliphatic rings. The Hall–Kier alpha value is -4.59. The van der Waals surface area contributed by atoms with Crippen molar-refractivity contribution in [3.63, 3.8) is 0 Å². The average Bonchev–Trinajstić information content (AvgIpc) is 3.20. The second-order valence-corrected chi connectivity index (χ2v) is 8.00. The number of aromatic nitrogens is 2. The van der Waals surface area contributed by atoms with Crippen molar-refractivity contribution in [1.82, 2.24) is 9.55 Å². The Balaban J connectivity index is 1.59. The van der Waals surface area contributed by atoms with Crippen LogP contribution in [0.5, 0.6) is 5.75 Å². The molecule has 0 fully saturated rings. The van der Waals surface area contributed by atoms with Gasteiger partial charge in [0.25, 0.3) is 11.8 Å². The zero-order valence-corrected chi connectivity index (χ0v) is 18.5. The van der Waals surface area contributed by atoms with Crippen LogP contribution in [0.2, 0.25) is 0 Å². The van der Waals surface area contributed by atoms with Crippen LogP contribution >= 0.6 is 0 Å². The molecule has 0 aliphatic carbocycles. The maximum atomic E-state index is 13.6. The highest BCUT2D eigenvalue weighted by molar-refractivity contribution is 6.06. The number of fused-ring (bicyclic) bond motifs is 3. The number of para-hydroxylation sites is 3. The van der Waals surface area contributed by atoms with E-state index in [1.54, 1.807) is 12.1 Å². The second-order valence-electron chi connectivity index (χ2n) is 8.00. The first-order valence-electron chi connectivity index (χ1n) is 10.8. The molecule has 3 aromatic carbocycles. The van der Waals surface area contributed by atoms with Crippen molar-refractivity contribution in [2.75, 3.05) is 17.2 Å². The summed E-state index contributed by atoms with van der Waals surface area (Å²) in [6.45, 7) is 1.67. The molecule has 0 saturated heterocycles. The lowest BCUT2D eigenvalue weighted by Crippen LogP contribution is -2.30. The van der Waals surface area contributed by atoms with Gasteiger partial charge in [0, 0.05) is 11.4 Å². The van der Waals surface area contributed by atoms with Gasteiger partial charge in [-0.1, -0.05) is 42.5 Å². The molecule has 0 spiro atoms. The molecule has 4 N–H and O–H groups in total. The first-order chi connectivity index (χ1) is 16.5. The number of benzene rings is 3. The smallest absolute Gasteiger partial charge is 0.255 e. The number of nitrogens with two attached hydrogens (primary N) is 1. The summed E-state index contributed by atoms with van der Waals surface area (Å²) in [5, 5.41) is 6.31. The highest BCUT2D eigenvalue weighted by atomic mass is 16.5. The normalized spacial score (nSPS) is 14.9. The van der Waals surface area contributed by atoms with E-state index in [9.17, 15) is 9.59 Å². The van der Waals surface area contributed by atoms with Crippen LogP contribution in [0.1, 0.15) is 18.5 Å². The van der Waals surface area contributed by atoms with Crippen molar-refractivity contribution < 1.29 is 14.3 Å². The molecule has 1 aliphatic heterocycles. The van der Waals surface area contributed by atoms with Crippen LogP contribution in [-0.4, -0.2) is 28.0 Å². The monoisotopic (exact) mass is 453 g/mol. The fourth-order valence-electron chi connectivity index (χ4n) is 4.19. The van der Waals surface area contributed by atoms with Crippen molar-refractivity contribution in [1.29, 1.82) is 0 Å². The Bertz CT molecular complexity index is 1410. The van der Waals surface area contributed by atoms with Crippen molar-refractivity contribution in [2.45, 2.75) is 13.0 Å². The minimum absolute atomic E-state index is 0.202. The third kappa shape index (κ3) is 3.97. The summed E-state index contributed by atoms with van der Waals surface area (Å²) in [4.78, 5) is 29.3. The Kier molecular flexibility index (Phi) is 5.47. The molecule has 4 aromatic rings. The van der Waals surface area contributed by atoms with E-state index in [0.29, 0.717) is 23.0 Å². The van der Waals surface area contributed by atoms with Gasteiger partial charge in [0.15, 0.2) is 6.61 Å². The van der Waals surface area contributed by atoms with Crippen LogP contribution in [0.3, 0.4) is 0 Å². The number of primary amides is 1. The second kappa shape index (κ2) is 8.74. The van der Waals surface area contributed by atoms with Gasteiger partial charge in [0.2, 0.25) is 5.95 Å². The molecule has 0 unspecified atom stereocenters. The fourth-order valence-corrected chi connectivity index (χ4v) is 4.19. The zero-order chi connectivity index (χ0) is 23.7. The summed E-state index contributed by atoms with van der Waals surface area (Å²) in [5.41, 5.74) is 9.79. The van der Waals surface area contributed by atoms with Gasteiger partial charge in [0.05, 0.1) is 22.6 Å². The molecule has 5 rings (SSSR count). The predicted octanol–water partition coefficient (Wildman–Crippen LogP) is 3.83. The number of nitrogens with zero attached hydrogens (tertiary/aromatic N) is 2. The van der Waals surface area contributed by atoms with Gasteiger partial charge in [-0.05, 0) is 48.9 Å². The SMILES string of the molecule is CC1=C(C(=O)Nc2ccccc2)[C@@H](c2ccc(OCC(N)=O)cc2)n2c(nc3ccccc32)N1. The van der Waals surface area contributed by atoms with E-state index in [1.165, 1.54) is 0 Å². The Morgan fingerprint density at radius 1 is 1.03 bits per heavy atom. The lowest BCUT2D eigenvalue weighted by atomic mass is 9.94. The number of anilines is 2. The molecular formula is C26H23N5O3. The largest absolute Gasteiger partial charge is 0.484 e. The van der Waals surface area contributed by atoms with E-state index in [1.807, 2.05) is 78.2 Å². The van der Waals surface area contributed by atoms with E-state index in [-0.39, 0.29) is 12.5 Å². The number of nitrogens with one attached hydrogen (secondary N) is 2. The average molecular weight is 454 g/mol. The van der Waals surface area contributed by atoms with Gasteiger partial charge >= 0.3 is 0 Å². The predicted molar refractivity (Wildman–Crippen MR) is 130 cm³/mol. The van der Waals surface area contributed by atoms with Crippen molar-refractivity contribution in [2.24, 2.45) is 5.73 Å². The Labute approximate surface area is 196 Å². The standard InChI is InChI=1S/C26H23N5O3/c1-16-23(25(33)29-18-7-3-2-4-8-18)24(17-11-13-19(14-12-17)34-15-22(27)32)31-21-10-6-5-9-20(21)30-26(31)28-16/h2-14,24H,15H2,1H3,(H2,27,32)(H,28,30)(H,29,33)/t24-/m1/s1. The van der Waals surface area contributed by atoms with Crippen molar-refractivity contribution in [3.05, 3.63) is 95.7 Å². The number of imidazole rings is 1. The minimum atomic E-state index is -0.546. The van der Waals surface area contributed by atoms with Gasteiger partial charge in [0.1, 0.15) is 5.75 Å². The van der Waals surface area contributed by atoms with E-state index in [0.717, 1.165) is 22.3 Å². The maximum absolute atomic E-state index is 13.6. The van der Waals surface area contributed by atoms with E-state index < -0.39 is 11.9 Å². The van der Waals surface area contributed by atoms with E-state index in [4.69, 9.17) is 15.5 Å². The van der Waals surface area contributed by atoms with Gasteiger partial charge in [-0.25, -0.2) is 4.98 Å². The number of hydrogen-bond donors (Lipinski definition) is 3. The summed E-state index contributed by atoms with van der Waals surface area (Å²) >= 11 is 0. The molecule has 0 saturated carbocycles. The first-order valence-corrected chi connectivity index (χ1v) is 10.8. The summed E-state index contributed by atoms with van der Waals surface area (Å²) in [6, 6.07) is 24.0. The number of allylic oxidation sites excluding steroid dienone is 1. The third-order valence-electron chi connectivity index (χ3n) is 5.68. The number of rotatable bonds is 6. The molecule has 0 bridgehead atoms. The van der Waals surface area contributed by atoms with E-state index in [2.05, 4.69) is 10.6 Å². The van der Waals surface area contributed by atoms with Gasteiger partial charge in [-0.3, -0.25) is 14.2 Å². The highest BCUT2D eigenvalue weighted by Crippen LogP contribution is 2.39. The Morgan fingerprint density at radius 3 is 2.47 bits per heavy atom. The molecular weight excluding hydrogens is 430 g/mol. The molecule has 170 valence electrons. The molecule has 1 atom stereocenters. The highest BCUT2D eigenvalue weighted by Gasteiger charge is 2.34. The van der Waals surface area contributed by atoms with Crippen molar-refractivity contribution in [3.8, 4) is 5.75 Å². The quantitative estimate of drug-likeness (QED) is 0.411. The van der Waals surface area contributed by atoms with Crippen LogP contribution < -0.4 is 21.1 Å². The molecule has 8 heteroatoms. The number of ether oxygens (including phenoxy) is 1. The Morgan fingerprint density at radius 2 is 1.74 bits per heavy atom.